The third-order valence-electron chi connectivity index (χ3n) is 5.47. The van der Waals surface area contributed by atoms with E-state index in [0.29, 0.717) is 16.9 Å². The molecule has 2 aliphatic rings. The number of thiocarbonyl (C=S) groups is 1. The fourth-order valence-corrected chi connectivity index (χ4v) is 4.31. The third-order valence-corrected chi connectivity index (χ3v) is 5.67. The van der Waals surface area contributed by atoms with Gasteiger partial charge in [-0.05, 0) is 38.2 Å². The lowest BCUT2D eigenvalue weighted by Crippen LogP contribution is -2.46. The van der Waals surface area contributed by atoms with E-state index in [4.69, 9.17) is 18.0 Å². The van der Waals surface area contributed by atoms with E-state index in [9.17, 15) is 10.1 Å². The average molecular weight is 379 g/mol. The number of hydrogen-bond acceptors (Lipinski definition) is 5. The summed E-state index contributed by atoms with van der Waals surface area (Å²) in [5, 5.41) is 13.2. The molecule has 2 heterocycles. The number of nitrogens with two attached hydrogens (primary N) is 1. The molecule has 27 heavy (non-hydrogen) atoms. The van der Waals surface area contributed by atoms with Crippen molar-refractivity contribution in [1.82, 2.24) is 4.68 Å². The van der Waals surface area contributed by atoms with Crippen LogP contribution in [0.5, 0.6) is 0 Å². The number of anilines is 1. The Morgan fingerprint density at radius 2 is 1.93 bits per heavy atom. The highest BCUT2D eigenvalue weighted by atomic mass is 32.1. The van der Waals surface area contributed by atoms with Gasteiger partial charge in [0.2, 0.25) is 0 Å². The second-order valence-electron chi connectivity index (χ2n) is 7.34. The second kappa shape index (κ2) is 6.39. The maximum atomic E-state index is 13.1. The normalized spacial score (nSPS) is 16.9. The summed E-state index contributed by atoms with van der Waals surface area (Å²) in [4.78, 5) is 13.3. The smallest absolute Gasteiger partial charge is 0.289 e. The van der Waals surface area contributed by atoms with Gasteiger partial charge in [0.15, 0.2) is 0 Å². The third kappa shape index (κ3) is 2.77. The molecule has 1 fully saturated rings. The van der Waals surface area contributed by atoms with E-state index in [-0.39, 0.29) is 21.8 Å². The molecule has 1 saturated carbocycles. The van der Waals surface area contributed by atoms with Crippen LogP contribution in [-0.4, -0.2) is 15.3 Å². The molecule has 4 N–H and O–H groups in total. The van der Waals surface area contributed by atoms with Crippen LogP contribution in [0.15, 0.2) is 29.1 Å². The molecule has 138 valence electrons. The van der Waals surface area contributed by atoms with Crippen molar-refractivity contribution in [2.45, 2.75) is 44.7 Å². The van der Waals surface area contributed by atoms with Gasteiger partial charge in [0.1, 0.15) is 28.1 Å². The van der Waals surface area contributed by atoms with E-state index in [1.54, 1.807) is 0 Å². The minimum absolute atomic E-state index is 0.0487. The van der Waals surface area contributed by atoms with Gasteiger partial charge >= 0.3 is 0 Å². The van der Waals surface area contributed by atoms with Gasteiger partial charge in [-0.3, -0.25) is 10.2 Å². The Morgan fingerprint density at radius 3 is 2.52 bits per heavy atom. The van der Waals surface area contributed by atoms with Crippen molar-refractivity contribution in [2.24, 2.45) is 5.73 Å². The van der Waals surface area contributed by atoms with Gasteiger partial charge in [0.05, 0.1) is 5.56 Å². The first-order valence-electron chi connectivity index (χ1n) is 9.12. The summed E-state index contributed by atoms with van der Waals surface area (Å²) >= 11 is 5.34. The number of aryl methyl sites for hydroxylation is 1. The number of benzene rings is 1. The Balaban J connectivity index is 1.99. The quantitative estimate of drug-likeness (QED) is 0.694. The minimum Gasteiger partial charge on any atom is -0.389 e. The average Bonchev–Trinajstić information content (AvgIpc) is 3.01. The van der Waals surface area contributed by atoms with Crippen molar-refractivity contribution in [2.75, 3.05) is 10.7 Å². The summed E-state index contributed by atoms with van der Waals surface area (Å²) in [6.07, 6.45) is 5.11. The van der Waals surface area contributed by atoms with E-state index in [0.717, 1.165) is 36.8 Å². The predicted molar refractivity (Wildman–Crippen MR) is 110 cm³/mol. The largest absolute Gasteiger partial charge is 0.389 e. The molecular weight excluding hydrogens is 358 g/mol. The van der Waals surface area contributed by atoms with Crippen LogP contribution >= 0.6 is 12.2 Å². The number of aromatic nitrogens is 1. The van der Waals surface area contributed by atoms with Crippen LogP contribution in [0.25, 0.3) is 11.1 Å². The van der Waals surface area contributed by atoms with Crippen molar-refractivity contribution < 1.29 is 0 Å². The van der Waals surface area contributed by atoms with Crippen molar-refractivity contribution in [3.8, 4) is 17.2 Å². The van der Waals surface area contributed by atoms with Crippen LogP contribution in [0.2, 0.25) is 0 Å². The zero-order chi connectivity index (χ0) is 19.2. The number of rotatable bonds is 2. The van der Waals surface area contributed by atoms with Gasteiger partial charge in [-0.2, -0.15) is 5.26 Å². The fourth-order valence-electron chi connectivity index (χ4n) is 4.11. The molecule has 1 spiro atoms. The molecule has 1 aromatic heterocycles. The molecule has 1 aliphatic heterocycles. The van der Waals surface area contributed by atoms with E-state index >= 15 is 0 Å². The maximum absolute atomic E-state index is 13.1. The zero-order valence-electron chi connectivity index (χ0n) is 15.1. The van der Waals surface area contributed by atoms with Crippen molar-refractivity contribution in [3.63, 3.8) is 0 Å². The first-order chi connectivity index (χ1) is 13.0. The lowest BCUT2D eigenvalue weighted by Gasteiger charge is -2.33. The lowest BCUT2D eigenvalue weighted by atomic mass is 9.89. The SMILES string of the molecule is Cc1ccc(-c2c(C(N)=S)c3n(c(=O)c2C#N)NC2(CCCCC2)N3)cc1. The van der Waals surface area contributed by atoms with Crippen LogP contribution in [0.1, 0.15) is 48.8 Å². The molecular formula is C20H21N5OS. The van der Waals surface area contributed by atoms with Crippen molar-refractivity contribution >= 4 is 23.0 Å². The van der Waals surface area contributed by atoms with Gasteiger partial charge in [0.25, 0.3) is 5.56 Å². The molecule has 4 rings (SSSR count). The molecule has 0 amide bonds. The second-order valence-corrected chi connectivity index (χ2v) is 7.78. The number of pyridine rings is 1. The number of nitrogens with zero attached hydrogens (tertiary/aromatic N) is 2. The maximum Gasteiger partial charge on any atom is 0.289 e. The molecule has 0 bridgehead atoms. The van der Waals surface area contributed by atoms with Crippen LogP contribution in [-0.2, 0) is 0 Å². The van der Waals surface area contributed by atoms with Gasteiger partial charge in [-0.25, -0.2) is 4.68 Å². The Kier molecular flexibility index (Phi) is 4.16. The van der Waals surface area contributed by atoms with E-state index < -0.39 is 0 Å². The molecule has 2 aromatic rings. The predicted octanol–water partition coefficient (Wildman–Crippen LogP) is 2.96. The van der Waals surface area contributed by atoms with Crippen LogP contribution in [0, 0.1) is 18.3 Å². The first kappa shape index (κ1) is 17.6. The monoisotopic (exact) mass is 379 g/mol. The summed E-state index contributed by atoms with van der Waals surface area (Å²) in [5.74, 6) is 0.559. The molecule has 7 heteroatoms. The van der Waals surface area contributed by atoms with E-state index in [1.807, 2.05) is 31.2 Å². The standard InChI is InChI=1S/C20H21N5OS/c1-12-5-7-13(8-6-12)15-14(11-21)19(26)25-18(16(15)17(22)27)23-20(24-25)9-3-2-4-10-20/h5-8,23-24H,2-4,9-10H2,1H3,(H2,22,27). The van der Waals surface area contributed by atoms with Crippen LogP contribution in [0.4, 0.5) is 5.82 Å². The molecule has 0 atom stereocenters. The van der Waals surface area contributed by atoms with Gasteiger partial charge in [-0.15, -0.1) is 0 Å². The molecule has 1 aliphatic carbocycles. The fraction of sp³-hybridized carbons (Fsp3) is 0.350. The molecule has 0 saturated heterocycles. The topological polar surface area (TPSA) is 95.9 Å². The van der Waals surface area contributed by atoms with Crippen molar-refractivity contribution in [1.29, 1.82) is 5.26 Å². The number of nitrogens with one attached hydrogen (secondary N) is 2. The summed E-state index contributed by atoms with van der Waals surface area (Å²) < 4.78 is 1.43. The summed E-state index contributed by atoms with van der Waals surface area (Å²) in [6, 6.07) is 9.75. The first-order valence-corrected chi connectivity index (χ1v) is 9.53. The van der Waals surface area contributed by atoms with Gasteiger partial charge in [-0.1, -0.05) is 48.5 Å². The molecule has 0 unspecified atom stereocenters. The summed E-state index contributed by atoms with van der Waals surface area (Å²) in [6.45, 7) is 1.99. The zero-order valence-corrected chi connectivity index (χ0v) is 15.9. The minimum atomic E-state index is -0.386. The summed E-state index contributed by atoms with van der Waals surface area (Å²) in [7, 11) is 0. The lowest BCUT2D eigenvalue weighted by molar-refractivity contribution is 0.353. The Morgan fingerprint density at radius 1 is 1.26 bits per heavy atom. The molecule has 1 aromatic carbocycles. The Bertz CT molecular complexity index is 1030. The highest BCUT2D eigenvalue weighted by Gasteiger charge is 2.41. The molecule has 6 nitrogen and oxygen atoms in total. The Labute approximate surface area is 163 Å². The van der Waals surface area contributed by atoms with Crippen LogP contribution in [0.3, 0.4) is 0 Å². The Hall–Kier alpha value is -2.85. The van der Waals surface area contributed by atoms with Crippen LogP contribution < -0.4 is 22.0 Å². The van der Waals surface area contributed by atoms with Gasteiger partial charge in [0, 0.05) is 5.56 Å². The highest BCUT2D eigenvalue weighted by molar-refractivity contribution is 7.80. The number of fused-ring (bicyclic) bond motifs is 1. The highest BCUT2D eigenvalue weighted by Crippen LogP contribution is 2.39. The van der Waals surface area contributed by atoms with E-state index in [1.165, 1.54) is 11.1 Å². The van der Waals surface area contributed by atoms with Gasteiger partial charge < -0.3 is 11.1 Å². The van der Waals surface area contributed by atoms with Crippen molar-refractivity contribution in [3.05, 3.63) is 51.3 Å². The summed E-state index contributed by atoms with van der Waals surface area (Å²) in [5.41, 5.74) is 11.6. The number of hydrogen-bond donors (Lipinski definition) is 3. The molecule has 0 radical (unpaired) electrons. The van der Waals surface area contributed by atoms with E-state index in [2.05, 4.69) is 16.8 Å². The number of nitriles is 1.